The minimum absolute atomic E-state index is 0.0133. The second kappa shape index (κ2) is 8.93. The fourth-order valence-corrected chi connectivity index (χ4v) is 3.33. The fourth-order valence-electron chi connectivity index (χ4n) is 3.21. The number of nitrogens with one attached hydrogen (secondary N) is 1. The molecule has 1 saturated heterocycles. The van der Waals surface area contributed by atoms with Gasteiger partial charge in [0.25, 0.3) is 5.91 Å². The first-order chi connectivity index (χ1) is 13.4. The number of anilines is 2. The van der Waals surface area contributed by atoms with Crippen LogP contribution in [-0.2, 0) is 9.59 Å². The van der Waals surface area contributed by atoms with Gasteiger partial charge in [-0.05, 0) is 49.6 Å². The van der Waals surface area contributed by atoms with E-state index in [9.17, 15) is 14.0 Å². The van der Waals surface area contributed by atoms with Crippen LogP contribution in [0.25, 0.3) is 0 Å². The quantitative estimate of drug-likeness (QED) is 0.771. The lowest BCUT2D eigenvalue weighted by Gasteiger charge is -2.35. The summed E-state index contributed by atoms with van der Waals surface area (Å²) >= 11 is 5.62. The molecular formula is C20H21ClFN3O3. The van der Waals surface area contributed by atoms with E-state index in [0.717, 1.165) is 37.6 Å². The van der Waals surface area contributed by atoms with Gasteiger partial charge in [-0.3, -0.25) is 9.59 Å². The van der Waals surface area contributed by atoms with Crippen molar-refractivity contribution in [3.05, 3.63) is 53.3 Å². The standard InChI is InChI=1S/C20H21ClFN3O3/c21-16-8-7-15(11-17(16)22)28-12-19(26)24-13-4-3-5-14(10-13)25-9-2-1-6-18(25)20(23)27/h3-5,7-8,10-11,18H,1-2,6,9,12H2,(H2,23,27)(H,24,26). The molecule has 3 rings (SSSR count). The summed E-state index contributed by atoms with van der Waals surface area (Å²) in [6.07, 6.45) is 2.66. The molecule has 148 valence electrons. The predicted octanol–water partition coefficient (Wildman–Crippen LogP) is 3.34. The molecule has 1 aliphatic rings. The molecule has 1 unspecified atom stereocenters. The summed E-state index contributed by atoms with van der Waals surface area (Å²) < 4.78 is 18.7. The van der Waals surface area contributed by atoms with Crippen molar-refractivity contribution in [3.8, 4) is 5.75 Å². The van der Waals surface area contributed by atoms with Gasteiger partial charge in [0.2, 0.25) is 5.91 Å². The highest BCUT2D eigenvalue weighted by molar-refractivity contribution is 6.30. The molecule has 0 radical (unpaired) electrons. The zero-order valence-corrected chi connectivity index (χ0v) is 15.9. The highest BCUT2D eigenvalue weighted by atomic mass is 35.5. The Morgan fingerprint density at radius 1 is 1.25 bits per heavy atom. The maximum atomic E-state index is 13.4. The van der Waals surface area contributed by atoms with Crippen molar-refractivity contribution in [2.75, 3.05) is 23.4 Å². The Bertz CT molecular complexity index is 878. The van der Waals surface area contributed by atoms with E-state index in [2.05, 4.69) is 5.32 Å². The molecule has 8 heteroatoms. The second-order valence-electron chi connectivity index (χ2n) is 6.57. The van der Waals surface area contributed by atoms with Crippen LogP contribution in [0.3, 0.4) is 0 Å². The second-order valence-corrected chi connectivity index (χ2v) is 6.98. The molecule has 0 aliphatic carbocycles. The number of rotatable bonds is 6. The van der Waals surface area contributed by atoms with Gasteiger partial charge in [0.05, 0.1) is 5.02 Å². The highest BCUT2D eigenvalue weighted by Gasteiger charge is 2.27. The maximum absolute atomic E-state index is 13.4. The van der Waals surface area contributed by atoms with Gasteiger partial charge in [0.1, 0.15) is 17.6 Å². The fraction of sp³-hybridized carbons (Fsp3) is 0.300. The molecule has 2 aromatic rings. The smallest absolute Gasteiger partial charge is 0.262 e. The average molecular weight is 406 g/mol. The number of nitrogens with zero attached hydrogens (tertiary/aromatic N) is 1. The van der Waals surface area contributed by atoms with Crippen LogP contribution < -0.4 is 20.7 Å². The SMILES string of the molecule is NC(=O)C1CCCCN1c1cccc(NC(=O)COc2ccc(Cl)c(F)c2)c1. The number of halogens is 2. The highest BCUT2D eigenvalue weighted by Crippen LogP contribution is 2.27. The number of piperidine rings is 1. The Morgan fingerprint density at radius 3 is 2.82 bits per heavy atom. The first-order valence-corrected chi connectivity index (χ1v) is 9.35. The van der Waals surface area contributed by atoms with E-state index in [0.29, 0.717) is 5.69 Å². The van der Waals surface area contributed by atoms with E-state index < -0.39 is 11.7 Å². The molecule has 6 nitrogen and oxygen atoms in total. The largest absolute Gasteiger partial charge is 0.484 e. The third-order valence-corrected chi connectivity index (χ3v) is 4.86. The Kier molecular flexibility index (Phi) is 6.36. The maximum Gasteiger partial charge on any atom is 0.262 e. The first-order valence-electron chi connectivity index (χ1n) is 8.98. The van der Waals surface area contributed by atoms with Gasteiger partial charge in [-0.1, -0.05) is 17.7 Å². The van der Waals surface area contributed by atoms with Crippen molar-refractivity contribution in [1.82, 2.24) is 0 Å². The van der Waals surface area contributed by atoms with Crippen LogP contribution in [0.1, 0.15) is 19.3 Å². The number of hydrogen-bond acceptors (Lipinski definition) is 4. The zero-order valence-electron chi connectivity index (χ0n) is 15.2. The van der Waals surface area contributed by atoms with Crippen molar-refractivity contribution in [3.63, 3.8) is 0 Å². The lowest BCUT2D eigenvalue weighted by atomic mass is 10.0. The van der Waals surface area contributed by atoms with E-state index in [-0.39, 0.29) is 29.3 Å². The lowest BCUT2D eigenvalue weighted by Crippen LogP contribution is -2.47. The monoisotopic (exact) mass is 405 g/mol. The van der Waals surface area contributed by atoms with Gasteiger partial charge < -0.3 is 20.7 Å². The van der Waals surface area contributed by atoms with Gasteiger partial charge in [-0.2, -0.15) is 0 Å². The molecular weight excluding hydrogens is 385 g/mol. The minimum atomic E-state index is -0.613. The van der Waals surface area contributed by atoms with Crippen molar-refractivity contribution in [1.29, 1.82) is 0 Å². The van der Waals surface area contributed by atoms with Crippen molar-refractivity contribution < 1.29 is 18.7 Å². The Labute approximate surface area is 167 Å². The van der Waals surface area contributed by atoms with Crippen LogP contribution in [0.15, 0.2) is 42.5 Å². The zero-order chi connectivity index (χ0) is 20.1. The Hall–Kier alpha value is -2.80. The summed E-state index contributed by atoms with van der Waals surface area (Å²) in [5.41, 5.74) is 6.92. The molecule has 1 fully saturated rings. The van der Waals surface area contributed by atoms with Gasteiger partial charge in [-0.25, -0.2) is 4.39 Å². The molecule has 2 aromatic carbocycles. The number of primary amides is 1. The predicted molar refractivity (Wildman–Crippen MR) is 106 cm³/mol. The van der Waals surface area contributed by atoms with Gasteiger partial charge in [0.15, 0.2) is 6.61 Å². The minimum Gasteiger partial charge on any atom is -0.484 e. The summed E-state index contributed by atoms with van der Waals surface area (Å²) in [6, 6.07) is 10.8. The van der Waals surface area contributed by atoms with E-state index in [1.54, 1.807) is 18.2 Å². The van der Waals surface area contributed by atoms with E-state index in [1.807, 2.05) is 11.0 Å². The molecule has 3 N–H and O–H groups in total. The number of carbonyl (C=O) groups excluding carboxylic acids is 2. The third-order valence-electron chi connectivity index (χ3n) is 4.55. The van der Waals surface area contributed by atoms with Gasteiger partial charge >= 0.3 is 0 Å². The summed E-state index contributed by atoms with van der Waals surface area (Å²) in [4.78, 5) is 25.8. The van der Waals surface area contributed by atoms with Gasteiger partial charge in [0, 0.05) is 24.0 Å². The van der Waals surface area contributed by atoms with E-state index in [4.69, 9.17) is 22.1 Å². The van der Waals surface area contributed by atoms with Crippen molar-refractivity contribution in [2.24, 2.45) is 5.73 Å². The Balaban J connectivity index is 1.62. The van der Waals surface area contributed by atoms with E-state index >= 15 is 0 Å². The van der Waals surface area contributed by atoms with Crippen molar-refractivity contribution >= 4 is 34.8 Å². The van der Waals surface area contributed by atoms with Crippen LogP contribution in [0, 0.1) is 5.82 Å². The van der Waals surface area contributed by atoms with Gasteiger partial charge in [-0.15, -0.1) is 0 Å². The number of hydrogen-bond donors (Lipinski definition) is 2. The third kappa shape index (κ3) is 4.92. The number of benzene rings is 2. The number of carbonyl (C=O) groups is 2. The summed E-state index contributed by atoms with van der Waals surface area (Å²) in [5.74, 6) is -1.14. The van der Waals surface area contributed by atoms with Crippen LogP contribution >= 0.6 is 11.6 Å². The topological polar surface area (TPSA) is 84.7 Å². The number of nitrogens with two attached hydrogens (primary N) is 1. The molecule has 1 atom stereocenters. The number of amides is 2. The van der Waals surface area contributed by atoms with Crippen LogP contribution in [0.5, 0.6) is 5.75 Å². The first kappa shape index (κ1) is 19.9. The molecule has 1 aliphatic heterocycles. The normalized spacial score (nSPS) is 16.5. The van der Waals surface area contributed by atoms with E-state index in [1.165, 1.54) is 12.1 Å². The molecule has 0 aromatic heterocycles. The van der Waals surface area contributed by atoms with Crippen LogP contribution in [-0.4, -0.2) is 31.0 Å². The van der Waals surface area contributed by atoms with Crippen LogP contribution in [0.4, 0.5) is 15.8 Å². The average Bonchev–Trinajstić information content (AvgIpc) is 2.69. The molecule has 2 amide bonds. The summed E-state index contributed by atoms with van der Waals surface area (Å²) in [5, 5.41) is 2.72. The molecule has 0 saturated carbocycles. The molecule has 0 spiro atoms. The van der Waals surface area contributed by atoms with Crippen molar-refractivity contribution in [2.45, 2.75) is 25.3 Å². The molecule has 0 bridgehead atoms. The lowest BCUT2D eigenvalue weighted by molar-refractivity contribution is -0.120. The molecule has 28 heavy (non-hydrogen) atoms. The molecule has 1 heterocycles. The summed E-state index contributed by atoms with van der Waals surface area (Å²) in [7, 11) is 0. The number of ether oxygens (including phenoxy) is 1. The summed E-state index contributed by atoms with van der Waals surface area (Å²) in [6.45, 7) is 0.454. The van der Waals surface area contributed by atoms with Crippen LogP contribution in [0.2, 0.25) is 5.02 Å². The Morgan fingerprint density at radius 2 is 2.07 bits per heavy atom.